The van der Waals surface area contributed by atoms with Crippen molar-refractivity contribution in [3.63, 3.8) is 0 Å². The lowest BCUT2D eigenvalue weighted by Crippen LogP contribution is -2.20. The minimum atomic E-state index is -0.273. The molecule has 0 aliphatic rings. The van der Waals surface area contributed by atoms with Crippen molar-refractivity contribution in [1.82, 2.24) is 9.66 Å². The molecule has 10 heteroatoms. The summed E-state index contributed by atoms with van der Waals surface area (Å²) >= 11 is 15.5. The molecule has 7 nitrogen and oxygen atoms in total. The summed E-state index contributed by atoms with van der Waals surface area (Å²) in [6.45, 7) is 1.95. The zero-order valence-electron chi connectivity index (χ0n) is 19.0. The van der Waals surface area contributed by atoms with Crippen LogP contribution in [0.2, 0.25) is 10.0 Å². The summed E-state index contributed by atoms with van der Waals surface area (Å²) in [7, 11) is 3.06. The Labute approximate surface area is 220 Å². The molecule has 1 heterocycles. The maximum absolute atomic E-state index is 13.0. The second kappa shape index (κ2) is 10.7. The van der Waals surface area contributed by atoms with Crippen LogP contribution in [0.25, 0.3) is 10.9 Å². The number of rotatable bonds is 7. The average molecular weight is 577 g/mol. The van der Waals surface area contributed by atoms with Crippen molar-refractivity contribution < 1.29 is 14.2 Å². The topological polar surface area (TPSA) is 74.9 Å². The summed E-state index contributed by atoms with van der Waals surface area (Å²) in [5.41, 5.74) is 1.81. The normalized spacial score (nSPS) is 11.3. The SMILES string of the molecule is COc1cc(C=Nn2c(C)nc3ccc(Br)cc3c2=O)cc(OC)c1OCc1ccc(Cl)c(Cl)c1. The molecular weight excluding hydrogens is 557 g/mol. The van der Waals surface area contributed by atoms with Crippen LogP contribution < -0.4 is 19.8 Å². The molecule has 1 aromatic heterocycles. The molecule has 0 aliphatic heterocycles. The number of hydrogen-bond donors (Lipinski definition) is 0. The summed E-state index contributed by atoms with van der Waals surface area (Å²) in [5, 5.41) is 5.75. The Kier molecular flexibility index (Phi) is 7.64. The zero-order chi connectivity index (χ0) is 25.1. The molecule has 0 bridgehead atoms. The van der Waals surface area contributed by atoms with Gasteiger partial charge in [0.15, 0.2) is 11.5 Å². The first-order chi connectivity index (χ1) is 16.8. The van der Waals surface area contributed by atoms with Crippen LogP contribution in [-0.2, 0) is 6.61 Å². The Hall–Kier alpha value is -3.07. The number of methoxy groups -OCH3 is 2. The Morgan fingerprint density at radius 2 is 1.74 bits per heavy atom. The Bertz CT molecular complexity index is 1480. The van der Waals surface area contributed by atoms with Crippen molar-refractivity contribution in [2.75, 3.05) is 14.2 Å². The predicted molar refractivity (Wildman–Crippen MR) is 142 cm³/mol. The first kappa shape index (κ1) is 25.0. The number of nitrogens with zero attached hydrogens (tertiary/aromatic N) is 3. The monoisotopic (exact) mass is 575 g/mol. The Balaban J connectivity index is 1.66. The molecule has 0 saturated heterocycles. The van der Waals surface area contributed by atoms with Gasteiger partial charge in [0.2, 0.25) is 5.75 Å². The van der Waals surface area contributed by atoms with Crippen LogP contribution in [0.15, 0.2) is 62.9 Å². The minimum Gasteiger partial charge on any atom is -0.493 e. The first-order valence-corrected chi connectivity index (χ1v) is 11.9. The maximum Gasteiger partial charge on any atom is 0.282 e. The van der Waals surface area contributed by atoms with Crippen molar-refractivity contribution in [2.24, 2.45) is 5.10 Å². The van der Waals surface area contributed by atoms with Crippen LogP contribution in [0.3, 0.4) is 0 Å². The quantitative estimate of drug-likeness (QED) is 0.243. The molecule has 0 radical (unpaired) electrons. The van der Waals surface area contributed by atoms with Gasteiger partial charge in [-0.3, -0.25) is 4.79 Å². The van der Waals surface area contributed by atoms with E-state index in [0.717, 1.165) is 10.0 Å². The second-order valence-electron chi connectivity index (χ2n) is 7.47. The molecule has 0 N–H and O–H groups in total. The van der Waals surface area contributed by atoms with Crippen LogP contribution in [0.4, 0.5) is 0 Å². The van der Waals surface area contributed by atoms with Crippen LogP contribution in [-0.4, -0.2) is 30.1 Å². The molecule has 4 rings (SSSR count). The van der Waals surface area contributed by atoms with Gasteiger partial charge in [-0.15, -0.1) is 0 Å². The third kappa shape index (κ3) is 5.45. The van der Waals surface area contributed by atoms with Gasteiger partial charge in [-0.05, 0) is 55.0 Å². The molecule has 35 heavy (non-hydrogen) atoms. The van der Waals surface area contributed by atoms with Gasteiger partial charge >= 0.3 is 0 Å². The summed E-state index contributed by atoms with van der Waals surface area (Å²) < 4.78 is 19.1. The third-order valence-corrected chi connectivity index (χ3v) is 6.37. The first-order valence-electron chi connectivity index (χ1n) is 10.4. The number of hydrogen-bond acceptors (Lipinski definition) is 6. The molecule has 3 aromatic carbocycles. The van der Waals surface area contributed by atoms with E-state index in [0.29, 0.717) is 49.6 Å². The molecule has 0 spiro atoms. The van der Waals surface area contributed by atoms with Crippen molar-refractivity contribution in [3.8, 4) is 17.2 Å². The van der Waals surface area contributed by atoms with Crippen LogP contribution >= 0.6 is 39.1 Å². The number of aryl methyl sites for hydroxylation is 1. The molecule has 4 aromatic rings. The highest BCUT2D eigenvalue weighted by Gasteiger charge is 2.15. The Morgan fingerprint density at radius 1 is 1.03 bits per heavy atom. The lowest BCUT2D eigenvalue weighted by atomic mass is 10.2. The van der Waals surface area contributed by atoms with Gasteiger partial charge in [0.25, 0.3) is 5.56 Å². The molecule has 0 atom stereocenters. The molecule has 0 aliphatic carbocycles. The van der Waals surface area contributed by atoms with Gasteiger partial charge in [0, 0.05) is 10.0 Å². The number of benzene rings is 3. The van der Waals surface area contributed by atoms with Crippen molar-refractivity contribution in [3.05, 3.63) is 90.4 Å². The van der Waals surface area contributed by atoms with E-state index in [4.69, 9.17) is 37.4 Å². The average Bonchev–Trinajstić information content (AvgIpc) is 2.85. The van der Waals surface area contributed by atoms with Crippen LogP contribution in [0.1, 0.15) is 17.0 Å². The molecule has 180 valence electrons. The van der Waals surface area contributed by atoms with Crippen LogP contribution in [0, 0.1) is 6.92 Å². The van der Waals surface area contributed by atoms with Gasteiger partial charge < -0.3 is 14.2 Å². The summed E-state index contributed by atoms with van der Waals surface area (Å²) in [6.07, 6.45) is 1.54. The van der Waals surface area contributed by atoms with Gasteiger partial charge in [0.05, 0.1) is 41.4 Å². The summed E-state index contributed by atoms with van der Waals surface area (Å²) in [4.78, 5) is 17.5. The summed E-state index contributed by atoms with van der Waals surface area (Å²) in [5.74, 6) is 1.76. The van der Waals surface area contributed by atoms with Crippen molar-refractivity contribution in [1.29, 1.82) is 0 Å². The van der Waals surface area contributed by atoms with Crippen molar-refractivity contribution >= 4 is 56.2 Å². The standard InChI is InChI=1S/C25H20BrCl2N3O4/c1-14-30-21-7-5-17(26)11-18(21)25(32)31(14)29-12-16-9-22(33-2)24(23(10-16)34-3)35-13-15-4-6-19(27)20(28)8-15/h4-12H,13H2,1-3H3. The fourth-order valence-corrected chi connectivity index (χ4v) is 4.10. The lowest BCUT2D eigenvalue weighted by Gasteiger charge is -2.15. The number of aromatic nitrogens is 2. The van der Waals surface area contributed by atoms with E-state index < -0.39 is 0 Å². The van der Waals surface area contributed by atoms with E-state index in [2.05, 4.69) is 26.0 Å². The Morgan fingerprint density at radius 3 is 2.40 bits per heavy atom. The molecular formula is C25H20BrCl2N3O4. The fraction of sp³-hybridized carbons (Fsp3) is 0.160. The van der Waals surface area contributed by atoms with E-state index >= 15 is 0 Å². The fourth-order valence-electron chi connectivity index (χ4n) is 3.42. The van der Waals surface area contributed by atoms with Gasteiger partial charge in [-0.1, -0.05) is 45.2 Å². The zero-order valence-corrected chi connectivity index (χ0v) is 22.1. The molecule has 0 fully saturated rings. The van der Waals surface area contributed by atoms with E-state index in [1.165, 1.54) is 25.1 Å². The lowest BCUT2D eigenvalue weighted by molar-refractivity contribution is 0.266. The molecule has 0 amide bonds. The van der Waals surface area contributed by atoms with E-state index in [1.807, 2.05) is 12.1 Å². The van der Waals surface area contributed by atoms with Crippen LogP contribution in [0.5, 0.6) is 17.2 Å². The van der Waals surface area contributed by atoms with E-state index in [-0.39, 0.29) is 12.2 Å². The van der Waals surface area contributed by atoms with Crippen molar-refractivity contribution in [2.45, 2.75) is 13.5 Å². The highest BCUT2D eigenvalue weighted by atomic mass is 79.9. The van der Waals surface area contributed by atoms with Gasteiger partial charge in [-0.2, -0.15) is 9.78 Å². The highest BCUT2D eigenvalue weighted by Crippen LogP contribution is 2.39. The smallest absolute Gasteiger partial charge is 0.282 e. The number of ether oxygens (including phenoxy) is 3. The van der Waals surface area contributed by atoms with E-state index in [9.17, 15) is 4.79 Å². The van der Waals surface area contributed by atoms with Gasteiger partial charge in [-0.25, -0.2) is 4.98 Å². The molecule has 0 unspecified atom stereocenters. The molecule has 0 saturated carbocycles. The summed E-state index contributed by atoms with van der Waals surface area (Å²) in [6, 6.07) is 14.1. The second-order valence-corrected chi connectivity index (χ2v) is 9.20. The van der Waals surface area contributed by atoms with E-state index in [1.54, 1.807) is 43.3 Å². The largest absolute Gasteiger partial charge is 0.493 e. The highest BCUT2D eigenvalue weighted by molar-refractivity contribution is 9.10. The van der Waals surface area contributed by atoms with Gasteiger partial charge in [0.1, 0.15) is 12.4 Å². The number of fused-ring (bicyclic) bond motifs is 1. The minimum absolute atomic E-state index is 0.226. The predicted octanol–water partition coefficient (Wildman–Crippen LogP) is 6.25. The third-order valence-electron chi connectivity index (χ3n) is 5.14. The maximum atomic E-state index is 13.0. The number of halogens is 3.